The molecule has 5 unspecified atom stereocenters. The summed E-state index contributed by atoms with van der Waals surface area (Å²) in [6.07, 6.45) is 16.2. The summed E-state index contributed by atoms with van der Waals surface area (Å²) < 4.78 is 9.77. The fraction of sp³-hybridized carbons (Fsp3) is 0.385. The van der Waals surface area contributed by atoms with Gasteiger partial charge in [-0.05, 0) is 83.1 Å². The molecule has 0 spiro atoms. The fourth-order valence-electron chi connectivity index (χ4n) is 11.2. The van der Waals surface area contributed by atoms with Crippen molar-refractivity contribution in [2.45, 2.75) is 94.2 Å². The second kappa shape index (κ2) is 17.4. The number of hydrogen-bond acceptors (Lipinski definition) is 9. The van der Waals surface area contributed by atoms with E-state index in [1.807, 2.05) is 55.1 Å². The van der Waals surface area contributed by atoms with Gasteiger partial charge in [-0.1, -0.05) is 111 Å². The number of nitrogens with one attached hydrogen (secondary N) is 4. The molecule has 14 nitrogen and oxygen atoms in total. The van der Waals surface area contributed by atoms with Gasteiger partial charge in [-0.25, -0.2) is 14.6 Å². The van der Waals surface area contributed by atoms with E-state index in [-0.39, 0.29) is 47.8 Å². The van der Waals surface area contributed by atoms with Crippen LogP contribution in [0.4, 0.5) is 9.59 Å². The SMILES string of the molecule is C=C1CCN(C(=O)[C@H](NC(=O)OC)c2ccccc2)[C@@H]1c1nc2ccc3c(c2[nH]1)=CC=CC(c1ccc2c(c1)C=CC1CC2NC(C2[C@H]4CCC(C4)N2C(=O)[C@@H](NC(=O)OC)C(C)C)=N1)C=3. The number of methoxy groups -OCH3 is 2. The Bertz CT molecular complexity index is 2850. The van der Waals surface area contributed by atoms with Gasteiger partial charge in [0.15, 0.2) is 0 Å². The summed E-state index contributed by atoms with van der Waals surface area (Å²) in [4.78, 5) is 70.9. The number of aromatic amines is 1. The molecule has 4 N–H and O–H groups in total. The number of fused-ring (bicyclic) bond motifs is 9. The zero-order chi connectivity index (χ0) is 45.8. The predicted octanol–water partition coefficient (Wildman–Crippen LogP) is 5.99. The minimum Gasteiger partial charge on any atom is -0.453 e. The monoisotopic (exact) mass is 888 g/mol. The molecule has 1 saturated carbocycles. The highest BCUT2D eigenvalue weighted by atomic mass is 16.5. The number of amides is 4. The summed E-state index contributed by atoms with van der Waals surface area (Å²) >= 11 is 0. The Hall–Kier alpha value is -6.96. The third-order valence-corrected chi connectivity index (χ3v) is 14.4. The number of carbonyl (C=O) groups excluding carboxylic acids is 4. The standard InChI is InChI=1S/C52H56N8O6/c1-28(2)42(57-51(63)65-4)50(62)60-37-19-15-35(26-37)46(60)48-53-36-18-14-33-25-32(16-20-38(33)41(27-36)55-48)31-12-9-13-39-34(24-31)17-21-40-44(39)56-47(54-40)45-29(3)22-23-59(45)49(61)43(58-52(64)66-5)30-10-7-6-8-11-30/h6-14,16-18,20-21,24-25,28,31,35-37,41-43,45-46H,3,15,19,22-23,26-27H2,1-2,4-5H3,(H,53,55)(H,54,56)(H,57,63)(H,58,64)/t31?,35-,36?,37?,41?,42-,43+,45-,46?/m0/s1. The zero-order valence-electron chi connectivity index (χ0n) is 37.7. The molecule has 10 rings (SSSR count). The first-order chi connectivity index (χ1) is 32.0. The molecule has 6 aliphatic rings. The van der Waals surface area contributed by atoms with Crippen molar-refractivity contribution in [3.05, 3.63) is 130 Å². The molecule has 14 heteroatoms. The second-order valence-electron chi connectivity index (χ2n) is 18.7. The minimum absolute atomic E-state index is 0.00972. The number of alkyl carbamates (subject to hydrolysis) is 2. The Morgan fingerprint density at radius 1 is 0.924 bits per heavy atom. The maximum Gasteiger partial charge on any atom is 0.407 e. The lowest BCUT2D eigenvalue weighted by molar-refractivity contribution is -0.137. The lowest BCUT2D eigenvalue weighted by Crippen LogP contribution is -2.60. The summed E-state index contributed by atoms with van der Waals surface area (Å²) in [5.74, 6) is 1.33. The van der Waals surface area contributed by atoms with Crippen LogP contribution in [0, 0.1) is 11.8 Å². The lowest BCUT2D eigenvalue weighted by atomic mass is 9.89. The smallest absolute Gasteiger partial charge is 0.407 e. The van der Waals surface area contributed by atoms with Crippen molar-refractivity contribution in [2.24, 2.45) is 16.8 Å². The number of amidine groups is 1. The molecule has 4 heterocycles. The van der Waals surface area contributed by atoms with Gasteiger partial charge in [-0.3, -0.25) is 14.6 Å². The number of piperidine rings is 1. The lowest BCUT2D eigenvalue weighted by Gasteiger charge is -2.41. The molecule has 3 aliphatic carbocycles. The van der Waals surface area contributed by atoms with Crippen LogP contribution in [-0.2, 0) is 19.1 Å². The number of ether oxygens (including phenoxy) is 2. The molecule has 9 atom stereocenters. The number of hydrogen-bond donors (Lipinski definition) is 4. The number of aliphatic imine (C=N–C) groups is 1. The summed E-state index contributed by atoms with van der Waals surface area (Å²) in [7, 11) is 2.60. The maximum atomic E-state index is 14.3. The Labute approximate surface area is 383 Å². The minimum atomic E-state index is -0.945. The van der Waals surface area contributed by atoms with Crippen LogP contribution in [0.2, 0.25) is 0 Å². The van der Waals surface area contributed by atoms with E-state index >= 15 is 0 Å². The number of benzene rings is 3. The molecular formula is C52H56N8O6. The molecule has 4 aromatic rings. The van der Waals surface area contributed by atoms with Gasteiger partial charge in [-0.15, -0.1) is 0 Å². The third-order valence-electron chi connectivity index (χ3n) is 14.4. The second-order valence-corrected chi connectivity index (χ2v) is 18.7. The van der Waals surface area contributed by atoms with Gasteiger partial charge in [-0.2, -0.15) is 0 Å². The van der Waals surface area contributed by atoms with Crippen LogP contribution >= 0.6 is 0 Å². The van der Waals surface area contributed by atoms with Crippen LogP contribution < -0.4 is 26.4 Å². The summed E-state index contributed by atoms with van der Waals surface area (Å²) in [6, 6.07) is 17.8. The molecule has 3 aliphatic heterocycles. The highest BCUT2D eigenvalue weighted by Gasteiger charge is 2.53. The van der Waals surface area contributed by atoms with Crippen LogP contribution in [0.25, 0.3) is 29.3 Å². The van der Waals surface area contributed by atoms with E-state index in [1.165, 1.54) is 19.8 Å². The maximum absolute atomic E-state index is 14.3. The number of imidazole rings is 1. The molecule has 4 bridgehead atoms. The van der Waals surface area contributed by atoms with Crippen LogP contribution in [0.15, 0.2) is 96.0 Å². The van der Waals surface area contributed by atoms with Crippen LogP contribution in [0.1, 0.15) is 98.1 Å². The Kier molecular flexibility index (Phi) is 11.4. The number of nitrogens with zero attached hydrogens (tertiary/aromatic N) is 4. The normalized spacial score (nSPS) is 25.6. The third kappa shape index (κ3) is 7.75. The van der Waals surface area contributed by atoms with Gasteiger partial charge in [0.1, 0.15) is 29.8 Å². The zero-order valence-corrected chi connectivity index (χ0v) is 37.7. The summed E-state index contributed by atoms with van der Waals surface area (Å²) in [5, 5.41) is 11.4. The molecule has 3 aromatic carbocycles. The number of aromatic nitrogens is 2. The fourth-order valence-corrected chi connectivity index (χ4v) is 11.2. The van der Waals surface area contributed by atoms with Crippen LogP contribution in [-0.4, -0.2) is 94.5 Å². The summed E-state index contributed by atoms with van der Waals surface area (Å²) in [6.45, 7) is 8.68. The van der Waals surface area contributed by atoms with Crippen molar-refractivity contribution in [3.63, 3.8) is 0 Å². The van der Waals surface area contributed by atoms with Gasteiger partial charge < -0.3 is 40.2 Å². The average Bonchev–Trinajstić information content (AvgIpc) is 4.11. The van der Waals surface area contributed by atoms with E-state index < -0.39 is 30.3 Å². The number of H-pyrrole nitrogens is 1. The van der Waals surface area contributed by atoms with Gasteiger partial charge in [0.25, 0.3) is 5.91 Å². The van der Waals surface area contributed by atoms with Crippen molar-refractivity contribution >= 4 is 59.1 Å². The molecule has 0 radical (unpaired) electrons. The quantitative estimate of drug-likeness (QED) is 0.149. The Morgan fingerprint density at radius 2 is 1.73 bits per heavy atom. The van der Waals surface area contributed by atoms with Gasteiger partial charge in [0.2, 0.25) is 5.91 Å². The molecule has 3 fully saturated rings. The van der Waals surface area contributed by atoms with Gasteiger partial charge >= 0.3 is 12.2 Å². The van der Waals surface area contributed by atoms with Gasteiger partial charge in [0, 0.05) is 23.7 Å². The number of carbonyl (C=O) groups is 4. The average molecular weight is 889 g/mol. The topological polar surface area (TPSA) is 170 Å². The highest BCUT2D eigenvalue weighted by Crippen LogP contribution is 2.45. The van der Waals surface area contributed by atoms with Crippen molar-refractivity contribution in [1.29, 1.82) is 0 Å². The molecule has 66 heavy (non-hydrogen) atoms. The van der Waals surface area contributed by atoms with E-state index in [0.717, 1.165) is 69.7 Å². The molecule has 2 saturated heterocycles. The van der Waals surface area contributed by atoms with Crippen molar-refractivity contribution in [2.75, 3.05) is 20.8 Å². The van der Waals surface area contributed by atoms with Crippen molar-refractivity contribution < 1.29 is 28.7 Å². The van der Waals surface area contributed by atoms with E-state index in [2.05, 4.69) is 88.2 Å². The Balaban J connectivity index is 0.902. The molecule has 1 aromatic heterocycles. The van der Waals surface area contributed by atoms with E-state index in [4.69, 9.17) is 19.5 Å². The molecule has 340 valence electrons. The number of likely N-dealkylation sites (tertiary alicyclic amines) is 2. The van der Waals surface area contributed by atoms with E-state index in [0.29, 0.717) is 30.3 Å². The van der Waals surface area contributed by atoms with E-state index in [1.54, 1.807) is 4.90 Å². The highest BCUT2D eigenvalue weighted by molar-refractivity contribution is 5.96. The van der Waals surface area contributed by atoms with Crippen LogP contribution in [0.5, 0.6) is 0 Å². The first-order valence-electron chi connectivity index (χ1n) is 23.1. The predicted molar refractivity (Wildman–Crippen MR) is 252 cm³/mol. The number of allylic oxidation sites excluding steroid dienone is 2. The van der Waals surface area contributed by atoms with Crippen molar-refractivity contribution in [3.8, 4) is 0 Å². The molecular weight excluding hydrogens is 833 g/mol. The van der Waals surface area contributed by atoms with Gasteiger partial charge in [0.05, 0.1) is 43.4 Å². The number of rotatable bonds is 9. The first kappa shape index (κ1) is 43.0. The largest absolute Gasteiger partial charge is 0.453 e. The van der Waals surface area contributed by atoms with Crippen LogP contribution in [0.3, 0.4) is 0 Å². The first-order valence-corrected chi connectivity index (χ1v) is 23.1. The Morgan fingerprint density at radius 3 is 2.52 bits per heavy atom. The van der Waals surface area contributed by atoms with Crippen molar-refractivity contribution in [1.82, 2.24) is 35.7 Å². The molecule has 4 amide bonds. The van der Waals surface area contributed by atoms with E-state index in [9.17, 15) is 19.2 Å². The summed E-state index contributed by atoms with van der Waals surface area (Å²) in [5.41, 5.74) is 6.67.